The predicted octanol–water partition coefficient (Wildman–Crippen LogP) is 9.56. The smallest absolute Gasteiger partial charge is 0.226 e. The van der Waals surface area contributed by atoms with Crippen LogP contribution in [0, 0.1) is 0 Å². The SMILES string of the molecule is CC(C)c1cccc(C(C)C)c1NC(c1ccccc1)c1nc(-c2ccccc2)oc1C1C=CC=CC=C1. The Labute approximate surface area is 226 Å². The number of para-hydroxylation sites is 1. The predicted molar refractivity (Wildman–Crippen MR) is 159 cm³/mol. The van der Waals surface area contributed by atoms with Gasteiger partial charge in [-0.05, 0) is 40.7 Å². The summed E-state index contributed by atoms with van der Waals surface area (Å²) in [6.07, 6.45) is 12.6. The molecule has 192 valence electrons. The number of benzene rings is 3. The monoisotopic (exact) mass is 500 g/mol. The van der Waals surface area contributed by atoms with Gasteiger partial charge in [0.25, 0.3) is 0 Å². The number of oxazole rings is 1. The Hall–Kier alpha value is -4.11. The van der Waals surface area contributed by atoms with E-state index >= 15 is 0 Å². The first kappa shape index (κ1) is 25.5. The number of allylic oxidation sites excluding steroid dienone is 6. The van der Waals surface area contributed by atoms with E-state index in [1.54, 1.807) is 0 Å². The Balaban J connectivity index is 1.71. The summed E-state index contributed by atoms with van der Waals surface area (Å²) in [5.74, 6) is 2.22. The summed E-state index contributed by atoms with van der Waals surface area (Å²) in [5.41, 5.74) is 6.83. The lowest BCUT2D eigenvalue weighted by molar-refractivity contribution is 0.513. The van der Waals surface area contributed by atoms with Gasteiger partial charge >= 0.3 is 0 Å². The minimum Gasteiger partial charge on any atom is -0.440 e. The quantitative estimate of drug-likeness (QED) is 0.262. The summed E-state index contributed by atoms with van der Waals surface area (Å²) in [4.78, 5) is 5.19. The third-order valence-corrected chi connectivity index (χ3v) is 7.04. The van der Waals surface area contributed by atoms with Gasteiger partial charge in [0, 0.05) is 11.3 Å². The van der Waals surface area contributed by atoms with Crippen LogP contribution in [0.4, 0.5) is 5.69 Å². The molecule has 1 unspecified atom stereocenters. The third kappa shape index (κ3) is 5.43. The average Bonchev–Trinajstić information content (AvgIpc) is 3.19. The second-order valence-electron chi connectivity index (χ2n) is 10.4. The molecule has 4 aromatic rings. The zero-order chi connectivity index (χ0) is 26.5. The molecule has 1 aliphatic carbocycles. The molecule has 0 bridgehead atoms. The lowest BCUT2D eigenvalue weighted by Gasteiger charge is -2.26. The summed E-state index contributed by atoms with van der Waals surface area (Å²) in [7, 11) is 0. The topological polar surface area (TPSA) is 38.1 Å². The van der Waals surface area contributed by atoms with E-state index in [0.717, 1.165) is 22.6 Å². The molecule has 1 aromatic heterocycles. The first-order chi connectivity index (χ1) is 18.5. The van der Waals surface area contributed by atoms with Crippen molar-refractivity contribution >= 4 is 5.69 Å². The van der Waals surface area contributed by atoms with Gasteiger partial charge in [-0.2, -0.15) is 0 Å². The van der Waals surface area contributed by atoms with Crippen molar-refractivity contribution < 1.29 is 4.42 Å². The highest BCUT2D eigenvalue weighted by Gasteiger charge is 2.29. The fourth-order valence-corrected chi connectivity index (χ4v) is 5.05. The van der Waals surface area contributed by atoms with Gasteiger partial charge in [0.1, 0.15) is 11.5 Å². The van der Waals surface area contributed by atoms with E-state index in [1.807, 2.05) is 30.4 Å². The number of rotatable bonds is 8. The molecule has 1 N–H and O–H groups in total. The molecule has 0 radical (unpaired) electrons. The summed E-state index contributed by atoms with van der Waals surface area (Å²) in [6, 6.07) is 27.2. The molecule has 1 heterocycles. The number of hydrogen-bond acceptors (Lipinski definition) is 3. The molecular formula is C35H36N2O. The number of nitrogens with zero attached hydrogens (tertiary/aromatic N) is 1. The van der Waals surface area contributed by atoms with E-state index in [2.05, 4.69) is 118 Å². The number of anilines is 1. The van der Waals surface area contributed by atoms with Crippen molar-refractivity contribution in [2.45, 2.75) is 51.5 Å². The van der Waals surface area contributed by atoms with Crippen LogP contribution in [-0.2, 0) is 0 Å². The molecule has 1 aliphatic rings. The van der Waals surface area contributed by atoms with Gasteiger partial charge in [-0.25, -0.2) is 4.98 Å². The molecule has 3 heteroatoms. The molecule has 0 saturated heterocycles. The van der Waals surface area contributed by atoms with Crippen LogP contribution in [-0.4, -0.2) is 4.98 Å². The Morgan fingerprint density at radius 2 is 1.26 bits per heavy atom. The molecule has 5 rings (SSSR count). The molecule has 1 atom stereocenters. The van der Waals surface area contributed by atoms with Crippen molar-refractivity contribution in [3.8, 4) is 11.5 Å². The van der Waals surface area contributed by atoms with Crippen LogP contribution in [0.5, 0.6) is 0 Å². The van der Waals surface area contributed by atoms with Gasteiger partial charge in [-0.1, -0.05) is 131 Å². The number of hydrogen-bond donors (Lipinski definition) is 1. The minimum absolute atomic E-state index is 0.0251. The second kappa shape index (κ2) is 11.5. The summed E-state index contributed by atoms with van der Waals surface area (Å²) >= 11 is 0. The maximum Gasteiger partial charge on any atom is 0.226 e. The minimum atomic E-state index is -0.192. The summed E-state index contributed by atoms with van der Waals surface area (Å²) < 4.78 is 6.61. The van der Waals surface area contributed by atoms with Crippen LogP contribution in [0.1, 0.15) is 79.6 Å². The zero-order valence-corrected chi connectivity index (χ0v) is 22.6. The van der Waals surface area contributed by atoms with E-state index in [4.69, 9.17) is 9.40 Å². The lowest BCUT2D eigenvalue weighted by Crippen LogP contribution is -2.18. The van der Waals surface area contributed by atoms with Crippen molar-refractivity contribution in [2.24, 2.45) is 0 Å². The largest absolute Gasteiger partial charge is 0.440 e. The van der Waals surface area contributed by atoms with E-state index in [-0.39, 0.29) is 12.0 Å². The molecular weight excluding hydrogens is 464 g/mol. The van der Waals surface area contributed by atoms with Gasteiger partial charge in [0.05, 0.1) is 12.0 Å². The normalized spacial score (nSPS) is 14.3. The highest BCUT2D eigenvalue weighted by molar-refractivity contribution is 5.63. The summed E-state index contributed by atoms with van der Waals surface area (Å²) in [5, 5.41) is 3.99. The van der Waals surface area contributed by atoms with Crippen LogP contribution in [0.2, 0.25) is 0 Å². The molecule has 38 heavy (non-hydrogen) atoms. The van der Waals surface area contributed by atoms with Crippen LogP contribution in [0.25, 0.3) is 11.5 Å². The van der Waals surface area contributed by atoms with Gasteiger partial charge in [-0.3, -0.25) is 0 Å². The molecule has 0 spiro atoms. The molecule has 0 amide bonds. The third-order valence-electron chi connectivity index (χ3n) is 7.04. The van der Waals surface area contributed by atoms with Crippen LogP contribution < -0.4 is 5.32 Å². The van der Waals surface area contributed by atoms with E-state index in [9.17, 15) is 0 Å². The summed E-state index contributed by atoms with van der Waals surface area (Å²) in [6.45, 7) is 9.02. The first-order valence-electron chi connectivity index (χ1n) is 13.5. The van der Waals surface area contributed by atoms with Crippen molar-refractivity contribution in [1.29, 1.82) is 0 Å². The van der Waals surface area contributed by atoms with Gasteiger partial charge in [0.15, 0.2) is 0 Å². The maximum absolute atomic E-state index is 6.61. The standard InChI is InChI=1S/C35H36N2O/c1-24(2)29-22-15-23-30(25(3)4)32(29)36-31(26-16-11-7-12-17-26)33-34(27-18-9-5-6-10-19-27)38-35(37-33)28-20-13-8-14-21-28/h5-25,27,31,36H,1-4H3. The molecule has 0 aliphatic heterocycles. The van der Waals surface area contributed by atoms with E-state index < -0.39 is 0 Å². The maximum atomic E-state index is 6.61. The van der Waals surface area contributed by atoms with Crippen molar-refractivity contribution in [3.63, 3.8) is 0 Å². The Morgan fingerprint density at radius 1 is 0.684 bits per heavy atom. The lowest BCUT2D eigenvalue weighted by atomic mass is 9.90. The number of aromatic nitrogens is 1. The fourth-order valence-electron chi connectivity index (χ4n) is 5.05. The van der Waals surface area contributed by atoms with E-state index in [1.165, 1.54) is 16.8 Å². The molecule has 3 aromatic carbocycles. The second-order valence-corrected chi connectivity index (χ2v) is 10.4. The number of nitrogens with one attached hydrogen (secondary N) is 1. The molecule has 0 saturated carbocycles. The highest BCUT2D eigenvalue weighted by Crippen LogP contribution is 2.40. The van der Waals surface area contributed by atoms with Crippen molar-refractivity contribution in [2.75, 3.05) is 5.32 Å². The Kier molecular flexibility index (Phi) is 7.74. The molecule has 3 nitrogen and oxygen atoms in total. The average molecular weight is 501 g/mol. The Bertz CT molecular complexity index is 1400. The molecule has 0 fully saturated rings. The van der Waals surface area contributed by atoms with Gasteiger partial charge < -0.3 is 9.73 Å². The van der Waals surface area contributed by atoms with Crippen LogP contribution in [0.3, 0.4) is 0 Å². The van der Waals surface area contributed by atoms with Crippen LogP contribution in [0.15, 0.2) is 120 Å². The fraction of sp³-hybridized carbons (Fsp3) is 0.229. The van der Waals surface area contributed by atoms with Crippen molar-refractivity contribution in [1.82, 2.24) is 4.98 Å². The first-order valence-corrected chi connectivity index (χ1v) is 13.5. The highest BCUT2D eigenvalue weighted by atomic mass is 16.4. The van der Waals surface area contributed by atoms with E-state index in [0.29, 0.717) is 17.7 Å². The van der Waals surface area contributed by atoms with Crippen molar-refractivity contribution in [3.05, 3.63) is 143 Å². The Morgan fingerprint density at radius 3 is 1.84 bits per heavy atom. The van der Waals surface area contributed by atoms with Gasteiger partial charge in [-0.15, -0.1) is 0 Å². The van der Waals surface area contributed by atoms with Gasteiger partial charge in [0.2, 0.25) is 5.89 Å². The van der Waals surface area contributed by atoms with Crippen LogP contribution >= 0.6 is 0 Å². The zero-order valence-electron chi connectivity index (χ0n) is 22.6.